The van der Waals surface area contributed by atoms with E-state index in [0.717, 1.165) is 17.0 Å². The number of hydrogen-bond donors (Lipinski definition) is 2. The lowest BCUT2D eigenvalue weighted by Gasteiger charge is -2.28. The number of hydrogen-bond acceptors (Lipinski definition) is 4. The molecule has 2 N–H and O–H groups in total. The monoisotopic (exact) mass is 417 g/mol. The maximum absolute atomic E-state index is 12.9. The Morgan fingerprint density at radius 1 is 1.00 bits per heavy atom. The molecular formula is C21H27N3O4S. The Labute approximate surface area is 172 Å². The van der Waals surface area contributed by atoms with Crippen LogP contribution in [0.1, 0.15) is 37.6 Å². The van der Waals surface area contributed by atoms with Crippen LogP contribution < -0.4 is 14.9 Å². The van der Waals surface area contributed by atoms with Crippen molar-refractivity contribution in [1.82, 2.24) is 5.32 Å². The van der Waals surface area contributed by atoms with Gasteiger partial charge in [0.05, 0.1) is 23.2 Å². The van der Waals surface area contributed by atoms with Gasteiger partial charge >= 0.3 is 0 Å². The molecule has 0 aliphatic rings. The first-order valence-electron chi connectivity index (χ1n) is 9.40. The second kappa shape index (κ2) is 9.56. The van der Waals surface area contributed by atoms with Crippen LogP contribution in [0.15, 0.2) is 54.6 Å². The van der Waals surface area contributed by atoms with Gasteiger partial charge in [0, 0.05) is 6.04 Å². The van der Waals surface area contributed by atoms with Crippen LogP contribution in [0, 0.1) is 0 Å². The number of benzene rings is 2. The molecule has 2 aromatic carbocycles. The van der Waals surface area contributed by atoms with Crippen molar-refractivity contribution in [3.05, 3.63) is 60.2 Å². The quantitative estimate of drug-likeness (QED) is 0.690. The van der Waals surface area contributed by atoms with Gasteiger partial charge in [-0.05, 0) is 44.5 Å². The summed E-state index contributed by atoms with van der Waals surface area (Å²) in [7, 11) is -3.71. The Morgan fingerprint density at radius 2 is 1.59 bits per heavy atom. The molecule has 0 saturated carbocycles. The fourth-order valence-corrected chi connectivity index (χ4v) is 3.99. The average molecular weight is 418 g/mol. The van der Waals surface area contributed by atoms with Gasteiger partial charge in [0.1, 0.15) is 6.04 Å². The molecule has 2 rings (SSSR count). The maximum Gasteiger partial charge on any atom is 0.253 e. The zero-order chi connectivity index (χ0) is 21.6. The number of anilines is 2. The predicted molar refractivity (Wildman–Crippen MR) is 116 cm³/mol. The van der Waals surface area contributed by atoms with Crippen molar-refractivity contribution in [2.24, 2.45) is 0 Å². The zero-order valence-electron chi connectivity index (χ0n) is 17.0. The first-order chi connectivity index (χ1) is 13.6. The highest BCUT2D eigenvalue weighted by molar-refractivity contribution is 7.92. The molecule has 2 aromatic rings. The van der Waals surface area contributed by atoms with E-state index in [1.54, 1.807) is 54.6 Å². The second-order valence-corrected chi connectivity index (χ2v) is 8.75. The number of rotatable bonds is 8. The molecule has 0 aliphatic heterocycles. The van der Waals surface area contributed by atoms with E-state index in [-0.39, 0.29) is 11.9 Å². The third kappa shape index (κ3) is 5.80. The van der Waals surface area contributed by atoms with E-state index < -0.39 is 22.0 Å². The van der Waals surface area contributed by atoms with Crippen LogP contribution in [0.2, 0.25) is 0 Å². The average Bonchev–Trinajstić information content (AvgIpc) is 2.68. The summed E-state index contributed by atoms with van der Waals surface area (Å²) in [6, 6.07) is 14.0. The molecule has 2 atom stereocenters. The molecule has 8 heteroatoms. The Bertz CT molecular complexity index is 961. The molecular weight excluding hydrogens is 390 g/mol. The van der Waals surface area contributed by atoms with Crippen molar-refractivity contribution in [2.75, 3.05) is 15.9 Å². The van der Waals surface area contributed by atoms with Gasteiger partial charge in [0.2, 0.25) is 15.9 Å². The van der Waals surface area contributed by atoms with E-state index in [2.05, 4.69) is 10.6 Å². The SMILES string of the molecule is CC[C@H](C)NC(=O)c1ccccc1NC(=O)[C@@H](C)N(c1ccccc1)S(C)(=O)=O. The van der Waals surface area contributed by atoms with E-state index in [1.165, 1.54) is 6.92 Å². The molecule has 0 aromatic heterocycles. The molecule has 0 radical (unpaired) electrons. The van der Waals surface area contributed by atoms with E-state index in [0.29, 0.717) is 16.9 Å². The topological polar surface area (TPSA) is 95.6 Å². The third-order valence-corrected chi connectivity index (χ3v) is 5.76. The Morgan fingerprint density at radius 3 is 2.17 bits per heavy atom. The van der Waals surface area contributed by atoms with Crippen LogP contribution in [0.3, 0.4) is 0 Å². The Balaban J connectivity index is 2.28. The third-order valence-electron chi connectivity index (χ3n) is 4.52. The normalized spacial score (nSPS) is 13.2. The molecule has 0 spiro atoms. The Kier molecular flexibility index (Phi) is 7.39. The Hall–Kier alpha value is -2.87. The first kappa shape index (κ1) is 22.4. The number of carbonyl (C=O) groups is 2. The first-order valence-corrected chi connectivity index (χ1v) is 11.2. The smallest absolute Gasteiger partial charge is 0.253 e. The number of nitrogens with one attached hydrogen (secondary N) is 2. The lowest BCUT2D eigenvalue weighted by atomic mass is 10.1. The van der Waals surface area contributed by atoms with Gasteiger partial charge in [0.25, 0.3) is 5.91 Å². The summed E-state index contributed by atoms with van der Waals surface area (Å²) >= 11 is 0. The lowest BCUT2D eigenvalue weighted by Crippen LogP contribution is -2.45. The van der Waals surface area contributed by atoms with Crippen molar-refractivity contribution < 1.29 is 18.0 Å². The van der Waals surface area contributed by atoms with E-state index in [9.17, 15) is 18.0 Å². The molecule has 0 unspecified atom stereocenters. The lowest BCUT2D eigenvalue weighted by molar-refractivity contribution is -0.116. The molecule has 0 aliphatic carbocycles. The molecule has 156 valence electrons. The van der Waals surface area contributed by atoms with Gasteiger partial charge in [0.15, 0.2) is 0 Å². The van der Waals surface area contributed by atoms with Crippen molar-refractivity contribution >= 4 is 33.2 Å². The highest BCUT2D eigenvalue weighted by atomic mass is 32.2. The number of sulfonamides is 1. The minimum atomic E-state index is -3.71. The highest BCUT2D eigenvalue weighted by Crippen LogP contribution is 2.22. The van der Waals surface area contributed by atoms with Gasteiger partial charge < -0.3 is 10.6 Å². The molecule has 7 nitrogen and oxygen atoms in total. The summed E-state index contributed by atoms with van der Waals surface area (Å²) in [6.07, 6.45) is 1.83. The summed E-state index contributed by atoms with van der Waals surface area (Å²) in [5.74, 6) is -0.839. The second-order valence-electron chi connectivity index (χ2n) is 6.89. The fraction of sp³-hybridized carbons (Fsp3) is 0.333. The van der Waals surface area contributed by atoms with E-state index in [1.807, 2.05) is 13.8 Å². The van der Waals surface area contributed by atoms with E-state index in [4.69, 9.17) is 0 Å². The van der Waals surface area contributed by atoms with Crippen molar-refractivity contribution in [2.45, 2.75) is 39.3 Å². The fourth-order valence-electron chi connectivity index (χ4n) is 2.81. The largest absolute Gasteiger partial charge is 0.350 e. The number of carbonyl (C=O) groups excluding carboxylic acids is 2. The van der Waals surface area contributed by atoms with Crippen LogP contribution in [0.4, 0.5) is 11.4 Å². The molecule has 0 bridgehead atoms. The molecule has 0 heterocycles. The van der Waals surface area contributed by atoms with Crippen LogP contribution >= 0.6 is 0 Å². The molecule has 2 amide bonds. The standard InChI is InChI=1S/C21H27N3O4S/c1-5-15(2)22-21(26)18-13-9-10-14-19(18)23-20(25)16(3)24(29(4,27)28)17-11-7-6-8-12-17/h6-16H,5H2,1-4H3,(H,22,26)(H,23,25)/t15-,16+/m0/s1. The number of para-hydroxylation sites is 2. The van der Waals surface area contributed by atoms with Crippen LogP contribution in [0.25, 0.3) is 0 Å². The maximum atomic E-state index is 12.9. The van der Waals surface area contributed by atoms with Crippen LogP contribution in [-0.4, -0.2) is 38.6 Å². The van der Waals surface area contributed by atoms with Crippen LogP contribution in [-0.2, 0) is 14.8 Å². The molecule has 0 fully saturated rings. The van der Waals surface area contributed by atoms with Gasteiger partial charge in [-0.3, -0.25) is 13.9 Å². The zero-order valence-corrected chi connectivity index (χ0v) is 17.9. The summed E-state index contributed by atoms with van der Waals surface area (Å²) in [4.78, 5) is 25.4. The summed E-state index contributed by atoms with van der Waals surface area (Å²) < 4.78 is 25.7. The van der Waals surface area contributed by atoms with E-state index >= 15 is 0 Å². The molecule has 29 heavy (non-hydrogen) atoms. The summed E-state index contributed by atoms with van der Waals surface area (Å²) in [5, 5.41) is 5.56. The predicted octanol–water partition coefficient (Wildman–Crippen LogP) is 3.01. The van der Waals surface area contributed by atoms with Crippen molar-refractivity contribution in [1.29, 1.82) is 0 Å². The van der Waals surface area contributed by atoms with Crippen molar-refractivity contribution in [3.63, 3.8) is 0 Å². The minimum absolute atomic E-state index is 0.0102. The molecule has 0 saturated heterocycles. The highest BCUT2D eigenvalue weighted by Gasteiger charge is 2.29. The minimum Gasteiger partial charge on any atom is -0.350 e. The van der Waals surface area contributed by atoms with Gasteiger partial charge in [-0.1, -0.05) is 37.3 Å². The van der Waals surface area contributed by atoms with Gasteiger partial charge in [-0.15, -0.1) is 0 Å². The van der Waals surface area contributed by atoms with Crippen LogP contribution in [0.5, 0.6) is 0 Å². The summed E-state index contributed by atoms with van der Waals surface area (Å²) in [6.45, 7) is 5.36. The van der Waals surface area contributed by atoms with Gasteiger partial charge in [-0.2, -0.15) is 0 Å². The van der Waals surface area contributed by atoms with Crippen molar-refractivity contribution in [3.8, 4) is 0 Å². The number of nitrogens with zero attached hydrogens (tertiary/aromatic N) is 1. The number of amides is 2. The summed E-state index contributed by atoms with van der Waals surface area (Å²) in [5.41, 5.74) is 1.03. The van der Waals surface area contributed by atoms with Gasteiger partial charge in [-0.25, -0.2) is 8.42 Å².